The van der Waals surface area contributed by atoms with Gasteiger partial charge >= 0.3 is 0 Å². The molecule has 0 radical (unpaired) electrons. The summed E-state index contributed by atoms with van der Waals surface area (Å²) < 4.78 is 0. The third kappa shape index (κ3) is 4.87. The van der Waals surface area contributed by atoms with Crippen molar-refractivity contribution in [2.45, 2.75) is 59.5 Å². The number of hydrogen-bond acceptors (Lipinski definition) is 4. The highest BCUT2D eigenvalue weighted by atomic mass is 32.1. The number of amides is 2. The Balaban J connectivity index is 1.54. The molecular formula is C27H37N3O2S. The predicted molar refractivity (Wildman–Crippen MR) is 134 cm³/mol. The van der Waals surface area contributed by atoms with Crippen LogP contribution in [0.25, 0.3) is 0 Å². The highest BCUT2D eigenvalue weighted by Crippen LogP contribution is 2.40. The van der Waals surface area contributed by atoms with Crippen LogP contribution in [-0.2, 0) is 16.0 Å². The minimum Gasteiger partial charge on any atom is -0.340 e. The molecule has 178 valence electrons. The van der Waals surface area contributed by atoms with Crippen molar-refractivity contribution in [3.63, 3.8) is 0 Å². The summed E-state index contributed by atoms with van der Waals surface area (Å²) in [6, 6.07) is 10.7. The maximum atomic E-state index is 13.7. The molecule has 1 saturated heterocycles. The number of fused-ring (bicyclic) bond motifs is 1. The number of carbonyl (C=O) groups is 2. The van der Waals surface area contributed by atoms with E-state index in [1.807, 2.05) is 41.9 Å². The van der Waals surface area contributed by atoms with Gasteiger partial charge in [-0.3, -0.25) is 14.5 Å². The number of thiophene rings is 1. The molecular weight excluding hydrogens is 430 g/mol. The van der Waals surface area contributed by atoms with Gasteiger partial charge in [0, 0.05) is 43.0 Å². The Kier molecular flexibility index (Phi) is 6.96. The van der Waals surface area contributed by atoms with Crippen LogP contribution >= 0.6 is 11.3 Å². The molecule has 33 heavy (non-hydrogen) atoms. The highest BCUT2D eigenvalue weighted by Gasteiger charge is 2.38. The number of carbonyl (C=O) groups excluding carboxylic acids is 2. The smallest absolute Gasteiger partial charge is 0.239 e. The quantitative estimate of drug-likeness (QED) is 0.668. The minimum atomic E-state index is -0.390. The molecule has 0 bridgehead atoms. The number of nitrogens with zero attached hydrogens (tertiary/aromatic N) is 3. The first-order valence-corrected chi connectivity index (χ1v) is 13.0. The van der Waals surface area contributed by atoms with Gasteiger partial charge in [0.25, 0.3) is 0 Å². The van der Waals surface area contributed by atoms with E-state index in [1.54, 1.807) is 0 Å². The molecule has 5 nitrogen and oxygen atoms in total. The summed E-state index contributed by atoms with van der Waals surface area (Å²) in [6.45, 7) is 13.7. The van der Waals surface area contributed by atoms with E-state index in [9.17, 15) is 9.59 Å². The molecule has 0 aliphatic carbocycles. The van der Waals surface area contributed by atoms with Crippen molar-refractivity contribution in [3.8, 4) is 0 Å². The molecule has 1 aromatic carbocycles. The largest absolute Gasteiger partial charge is 0.340 e. The zero-order valence-corrected chi connectivity index (χ0v) is 21.5. The van der Waals surface area contributed by atoms with Gasteiger partial charge in [-0.1, -0.05) is 45.0 Å². The molecule has 6 heteroatoms. The van der Waals surface area contributed by atoms with Gasteiger partial charge in [-0.15, -0.1) is 11.3 Å². The molecule has 0 saturated carbocycles. The van der Waals surface area contributed by atoms with Gasteiger partial charge in [0.1, 0.15) is 0 Å². The Hall–Kier alpha value is -2.18. The first kappa shape index (κ1) is 24.0. The minimum absolute atomic E-state index is 0.103. The lowest BCUT2D eigenvalue weighted by Crippen LogP contribution is -2.51. The van der Waals surface area contributed by atoms with E-state index >= 15 is 0 Å². The molecule has 2 atom stereocenters. The standard InChI is InChI=1S/C27H37N3O2S/c1-19-9-6-7-10-21(19)24-22-12-18-33-23(22)11-15-30(24)20(2)25(31)28-13-8-14-29(17-16-28)26(32)27(3,4)5/h6-7,9-10,12,18,20,24H,8,11,13-17H2,1-5H3/t20-,24-/m1/s1. The van der Waals surface area contributed by atoms with Crippen LogP contribution in [-0.4, -0.2) is 65.3 Å². The molecule has 1 aromatic heterocycles. The second kappa shape index (κ2) is 9.59. The average Bonchev–Trinajstić information content (AvgIpc) is 3.13. The van der Waals surface area contributed by atoms with Crippen molar-refractivity contribution in [3.05, 3.63) is 57.3 Å². The van der Waals surface area contributed by atoms with Crippen LogP contribution in [0.2, 0.25) is 0 Å². The Morgan fingerprint density at radius 2 is 1.67 bits per heavy atom. The number of benzene rings is 1. The van der Waals surface area contributed by atoms with Crippen molar-refractivity contribution < 1.29 is 9.59 Å². The summed E-state index contributed by atoms with van der Waals surface area (Å²) in [5.74, 6) is 0.350. The fourth-order valence-electron chi connectivity index (χ4n) is 5.21. The Bertz CT molecular complexity index is 1010. The van der Waals surface area contributed by atoms with E-state index in [0.29, 0.717) is 19.6 Å². The van der Waals surface area contributed by atoms with E-state index in [2.05, 4.69) is 54.5 Å². The maximum Gasteiger partial charge on any atom is 0.239 e. The molecule has 0 unspecified atom stereocenters. The van der Waals surface area contributed by atoms with Crippen molar-refractivity contribution >= 4 is 23.2 Å². The van der Waals surface area contributed by atoms with Crippen molar-refractivity contribution in [2.24, 2.45) is 5.41 Å². The van der Waals surface area contributed by atoms with Crippen molar-refractivity contribution in [1.82, 2.24) is 14.7 Å². The van der Waals surface area contributed by atoms with Crippen LogP contribution in [0.1, 0.15) is 61.7 Å². The predicted octanol–water partition coefficient (Wildman–Crippen LogP) is 4.50. The molecule has 2 aliphatic heterocycles. The summed E-state index contributed by atoms with van der Waals surface area (Å²) in [5, 5.41) is 2.18. The normalized spacial score (nSPS) is 20.8. The summed E-state index contributed by atoms with van der Waals surface area (Å²) in [7, 11) is 0. The van der Waals surface area contributed by atoms with Gasteiger partial charge in [-0.25, -0.2) is 0 Å². The summed E-state index contributed by atoms with van der Waals surface area (Å²) in [6.07, 6.45) is 1.82. The van der Waals surface area contributed by atoms with Gasteiger partial charge in [0.2, 0.25) is 11.8 Å². The zero-order chi connectivity index (χ0) is 23.8. The fourth-order valence-corrected chi connectivity index (χ4v) is 6.12. The van der Waals surface area contributed by atoms with E-state index in [1.165, 1.54) is 21.6 Å². The van der Waals surface area contributed by atoms with Crippen LogP contribution in [0.15, 0.2) is 35.7 Å². The monoisotopic (exact) mass is 467 g/mol. The first-order chi connectivity index (χ1) is 15.7. The molecule has 2 aromatic rings. The van der Waals surface area contributed by atoms with Gasteiger partial charge in [0.05, 0.1) is 12.1 Å². The van der Waals surface area contributed by atoms with E-state index < -0.39 is 0 Å². The molecule has 4 rings (SSSR count). The lowest BCUT2D eigenvalue weighted by atomic mass is 9.89. The fraction of sp³-hybridized carbons (Fsp3) is 0.556. The Morgan fingerprint density at radius 3 is 2.39 bits per heavy atom. The molecule has 0 N–H and O–H groups in total. The van der Waals surface area contributed by atoms with Gasteiger partial charge in [0.15, 0.2) is 0 Å². The van der Waals surface area contributed by atoms with Crippen LogP contribution in [0.3, 0.4) is 0 Å². The van der Waals surface area contributed by atoms with Crippen LogP contribution in [0.5, 0.6) is 0 Å². The van der Waals surface area contributed by atoms with E-state index in [-0.39, 0.29) is 29.3 Å². The van der Waals surface area contributed by atoms with Gasteiger partial charge < -0.3 is 9.80 Å². The zero-order valence-electron chi connectivity index (χ0n) is 20.6. The number of rotatable bonds is 3. The summed E-state index contributed by atoms with van der Waals surface area (Å²) >= 11 is 1.83. The van der Waals surface area contributed by atoms with Crippen LogP contribution < -0.4 is 0 Å². The third-order valence-electron chi connectivity index (χ3n) is 7.08. The lowest BCUT2D eigenvalue weighted by Gasteiger charge is -2.41. The topological polar surface area (TPSA) is 43.9 Å². The highest BCUT2D eigenvalue weighted by molar-refractivity contribution is 7.10. The lowest BCUT2D eigenvalue weighted by molar-refractivity contribution is -0.140. The SMILES string of the molecule is Cc1ccccc1[C@@H]1c2ccsc2CCN1[C@H](C)C(=O)N1CCCN(C(=O)C(C)(C)C)CC1. The average molecular weight is 468 g/mol. The molecule has 2 aliphatic rings. The molecule has 0 spiro atoms. The third-order valence-corrected chi connectivity index (χ3v) is 8.07. The van der Waals surface area contributed by atoms with Crippen LogP contribution in [0, 0.1) is 12.3 Å². The number of aryl methyl sites for hydroxylation is 1. The Morgan fingerprint density at radius 1 is 0.970 bits per heavy atom. The Labute approximate surface area is 202 Å². The van der Waals surface area contributed by atoms with Crippen molar-refractivity contribution in [1.29, 1.82) is 0 Å². The van der Waals surface area contributed by atoms with Crippen LogP contribution in [0.4, 0.5) is 0 Å². The van der Waals surface area contributed by atoms with Gasteiger partial charge in [-0.2, -0.15) is 0 Å². The second-order valence-corrected chi connectivity index (χ2v) is 11.4. The summed E-state index contributed by atoms with van der Waals surface area (Å²) in [4.78, 5) is 34.2. The molecule has 2 amide bonds. The molecule has 1 fully saturated rings. The first-order valence-electron chi connectivity index (χ1n) is 12.1. The van der Waals surface area contributed by atoms with E-state index in [4.69, 9.17) is 0 Å². The van der Waals surface area contributed by atoms with E-state index in [0.717, 1.165) is 25.9 Å². The maximum absolute atomic E-state index is 13.7. The number of hydrogen-bond donors (Lipinski definition) is 0. The molecule has 3 heterocycles. The van der Waals surface area contributed by atoms with Crippen molar-refractivity contribution in [2.75, 3.05) is 32.7 Å². The summed E-state index contributed by atoms with van der Waals surface area (Å²) in [5.41, 5.74) is 3.50. The second-order valence-electron chi connectivity index (χ2n) is 10.4. The van der Waals surface area contributed by atoms with Gasteiger partial charge in [-0.05, 0) is 54.8 Å².